The summed E-state index contributed by atoms with van der Waals surface area (Å²) in [6.07, 6.45) is 1.63. The average Bonchev–Trinajstić information content (AvgIpc) is 2.88. The first kappa shape index (κ1) is 18.0. The van der Waals surface area contributed by atoms with Crippen LogP contribution in [-0.4, -0.2) is 20.5 Å². The van der Waals surface area contributed by atoms with Gasteiger partial charge in [0.2, 0.25) is 0 Å². The van der Waals surface area contributed by atoms with Crippen LogP contribution in [0.1, 0.15) is 58.2 Å². The summed E-state index contributed by atoms with van der Waals surface area (Å²) < 4.78 is 1.85. The molecule has 0 radical (unpaired) electrons. The number of benzene rings is 1. The third kappa shape index (κ3) is 3.17. The highest BCUT2D eigenvalue weighted by atomic mass is 16.4. The van der Waals surface area contributed by atoms with E-state index in [4.69, 9.17) is 0 Å². The number of hydrogen-bond donors (Lipinski definition) is 2. The van der Waals surface area contributed by atoms with Crippen molar-refractivity contribution in [3.05, 3.63) is 64.1 Å². The smallest absolute Gasteiger partial charge is 0.337 e. The van der Waals surface area contributed by atoms with Crippen molar-refractivity contribution in [3.8, 4) is 0 Å². The Morgan fingerprint density at radius 1 is 1.27 bits per heavy atom. The van der Waals surface area contributed by atoms with Gasteiger partial charge in [0.1, 0.15) is 0 Å². The van der Waals surface area contributed by atoms with Crippen LogP contribution in [0.4, 0.5) is 5.69 Å². The molecule has 2 aromatic heterocycles. The molecule has 2 heterocycles. The van der Waals surface area contributed by atoms with Crippen molar-refractivity contribution in [1.82, 2.24) is 9.38 Å². The molecule has 0 atom stereocenters. The maximum absolute atomic E-state index is 11.5. The van der Waals surface area contributed by atoms with E-state index in [1.165, 1.54) is 16.7 Å². The number of imidazole rings is 1. The summed E-state index contributed by atoms with van der Waals surface area (Å²) in [6.45, 7) is 11.0. The molecule has 0 saturated carbocycles. The molecule has 26 heavy (non-hydrogen) atoms. The van der Waals surface area contributed by atoms with Gasteiger partial charge in [-0.3, -0.25) is 0 Å². The maximum Gasteiger partial charge on any atom is 0.337 e. The molecule has 3 aromatic rings. The number of aromatic nitrogens is 2. The zero-order valence-corrected chi connectivity index (χ0v) is 15.9. The van der Waals surface area contributed by atoms with E-state index in [1.54, 1.807) is 12.3 Å². The van der Waals surface area contributed by atoms with Crippen LogP contribution in [0.3, 0.4) is 0 Å². The van der Waals surface area contributed by atoms with Crippen LogP contribution in [0.15, 0.2) is 30.5 Å². The van der Waals surface area contributed by atoms with Crippen LogP contribution in [0.25, 0.3) is 5.65 Å². The number of carboxylic acids is 1. The number of hydrogen-bond acceptors (Lipinski definition) is 3. The largest absolute Gasteiger partial charge is 0.478 e. The van der Waals surface area contributed by atoms with Gasteiger partial charge in [0.25, 0.3) is 0 Å². The highest BCUT2D eigenvalue weighted by Crippen LogP contribution is 2.26. The molecule has 0 aliphatic rings. The molecule has 5 heteroatoms. The van der Waals surface area contributed by atoms with E-state index in [1.807, 2.05) is 18.2 Å². The highest BCUT2D eigenvalue weighted by Gasteiger charge is 2.15. The molecule has 0 spiro atoms. The van der Waals surface area contributed by atoms with Gasteiger partial charge in [-0.05, 0) is 49.4 Å². The Morgan fingerprint density at radius 2 is 2.00 bits per heavy atom. The second-order valence-electron chi connectivity index (χ2n) is 7.07. The van der Waals surface area contributed by atoms with Crippen LogP contribution in [0, 0.1) is 20.8 Å². The Labute approximate surface area is 153 Å². The Balaban J connectivity index is 2.05. The fourth-order valence-electron chi connectivity index (χ4n) is 3.31. The minimum Gasteiger partial charge on any atom is -0.478 e. The van der Waals surface area contributed by atoms with Gasteiger partial charge in [0.15, 0.2) is 5.65 Å². The third-order valence-electron chi connectivity index (χ3n) is 4.97. The number of anilines is 1. The first-order chi connectivity index (χ1) is 12.3. The van der Waals surface area contributed by atoms with Crippen LogP contribution in [-0.2, 0) is 6.54 Å². The van der Waals surface area contributed by atoms with Crippen molar-refractivity contribution < 1.29 is 9.90 Å². The van der Waals surface area contributed by atoms with Gasteiger partial charge in [-0.25, -0.2) is 9.78 Å². The Kier molecular flexibility index (Phi) is 4.72. The molecule has 2 N–H and O–H groups in total. The van der Waals surface area contributed by atoms with E-state index in [-0.39, 0.29) is 5.56 Å². The molecule has 136 valence electrons. The number of carbonyl (C=O) groups is 1. The summed E-state index contributed by atoms with van der Waals surface area (Å²) in [4.78, 5) is 16.1. The van der Waals surface area contributed by atoms with Crippen molar-refractivity contribution in [2.45, 2.75) is 47.1 Å². The minimum absolute atomic E-state index is 0.245. The highest BCUT2D eigenvalue weighted by molar-refractivity contribution is 5.90. The zero-order chi connectivity index (χ0) is 19.0. The van der Waals surface area contributed by atoms with E-state index in [0.29, 0.717) is 12.5 Å². The van der Waals surface area contributed by atoms with Crippen molar-refractivity contribution >= 4 is 17.3 Å². The number of pyridine rings is 1. The molecule has 0 saturated heterocycles. The van der Waals surface area contributed by atoms with E-state index in [2.05, 4.69) is 49.3 Å². The van der Waals surface area contributed by atoms with Crippen LogP contribution < -0.4 is 5.32 Å². The number of carboxylic acid groups (broad SMARTS) is 1. The predicted octanol–water partition coefficient (Wildman–Crippen LogP) is 4.69. The molecule has 3 rings (SSSR count). The van der Waals surface area contributed by atoms with Crippen molar-refractivity contribution in [1.29, 1.82) is 0 Å². The van der Waals surface area contributed by atoms with Gasteiger partial charge in [0.05, 0.1) is 16.9 Å². The third-order valence-corrected chi connectivity index (χ3v) is 4.97. The lowest BCUT2D eigenvalue weighted by Gasteiger charge is -2.17. The number of aryl methyl sites for hydroxylation is 3. The van der Waals surface area contributed by atoms with Crippen molar-refractivity contribution in [2.75, 3.05) is 5.32 Å². The molecule has 0 fully saturated rings. The Morgan fingerprint density at radius 3 is 2.65 bits per heavy atom. The predicted molar refractivity (Wildman–Crippen MR) is 104 cm³/mol. The van der Waals surface area contributed by atoms with E-state index < -0.39 is 5.97 Å². The van der Waals surface area contributed by atoms with Crippen molar-refractivity contribution in [2.24, 2.45) is 0 Å². The Hall–Kier alpha value is -2.82. The van der Waals surface area contributed by atoms with Gasteiger partial charge in [-0.2, -0.15) is 0 Å². The lowest BCUT2D eigenvalue weighted by Crippen LogP contribution is -2.09. The molecule has 0 bridgehead atoms. The van der Waals surface area contributed by atoms with Crippen LogP contribution in [0.2, 0.25) is 0 Å². The first-order valence-corrected chi connectivity index (χ1v) is 8.84. The lowest BCUT2D eigenvalue weighted by atomic mass is 9.94. The lowest BCUT2D eigenvalue weighted by molar-refractivity contribution is 0.0696. The second-order valence-corrected chi connectivity index (χ2v) is 7.07. The maximum atomic E-state index is 11.5. The molecule has 0 amide bonds. The number of rotatable bonds is 5. The molecule has 5 nitrogen and oxygen atoms in total. The summed E-state index contributed by atoms with van der Waals surface area (Å²) >= 11 is 0. The van der Waals surface area contributed by atoms with Crippen LogP contribution >= 0.6 is 0 Å². The normalized spacial score (nSPS) is 11.3. The monoisotopic (exact) mass is 351 g/mol. The standard InChI is InChI=1S/C21H25N3O2/c1-12(2)17-8-6-7-13(3)18(17)10-22-19-9-16(21(25)26)11-24-15(5)14(4)23-20(19)24/h6-9,11-12,22H,10H2,1-5H3,(H,25,26). The number of fused-ring (bicyclic) bond motifs is 1. The van der Waals surface area contributed by atoms with Gasteiger partial charge < -0.3 is 14.8 Å². The quantitative estimate of drug-likeness (QED) is 0.699. The number of nitrogens with zero attached hydrogens (tertiary/aromatic N) is 2. The van der Waals surface area contributed by atoms with Gasteiger partial charge in [-0.1, -0.05) is 32.0 Å². The van der Waals surface area contributed by atoms with Crippen molar-refractivity contribution in [3.63, 3.8) is 0 Å². The van der Waals surface area contributed by atoms with E-state index >= 15 is 0 Å². The molecule has 0 unspecified atom stereocenters. The number of aromatic carboxylic acids is 1. The Bertz CT molecular complexity index is 987. The second kappa shape index (κ2) is 6.83. The summed E-state index contributed by atoms with van der Waals surface area (Å²) in [5, 5.41) is 12.9. The SMILES string of the molecule is Cc1cccc(C(C)C)c1CNc1cc(C(=O)O)cn2c(C)c(C)nc12. The zero-order valence-electron chi connectivity index (χ0n) is 15.9. The molecule has 0 aliphatic carbocycles. The van der Waals surface area contributed by atoms with Gasteiger partial charge in [-0.15, -0.1) is 0 Å². The van der Waals surface area contributed by atoms with Gasteiger partial charge >= 0.3 is 5.97 Å². The van der Waals surface area contributed by atoms with Crippen LogP contribution in [0.5, 0.6) is 0 Å². The molecule has 1 aromatic carbocycles. The van der Waals surface area contributed by atoms with E-state index in [9.17, 15) is 9.90 Å². The summed E-state index contributed by atoms with van der Waals surface area (Å²) in [5.74, 6) is -0.521. The molecular weight excluding hydrogens is 326 g/mol. The summed E-state index contributed by atoms with van der Waals surface area (Å²) in [6, 6.07) is 8.01. The minimum atomic E-state index is -0.945. The summed E-state index contributed by atoms with van der Waals surface area (Å²) in [7, 11) is 0. The van der Waals surface area contributed by atoms with Gasteiger partial charge in [0, 0.05) is 18.4 Å². The first-order valence-electron chi connectivity index (χ1n) is 8.84. The number of nitrogens with one attached hydrogen (secondary N) is 1. The average molecular weight is 351 g/mol. The topological polar surface area (TPSA) is 66.6 Å². The molecular formula is C21H25N3O2. The molecule has 0 aliphatic heterocycles. The fourth-order valence-corrected chi connectivity index (χ4v) is 3.31. The fraction of sp³-hybridized carbons (Fsp3) is 0.333. The summed E-state index contributed by atoms with van der Waals surface area (Å²) in [5.41, 5.74) is 7.36. The van der Waals surface area contributed by atoms with E-state index in [0.717, 1.165) is 22.7 Å².